The third-order valence-electron chi connectivity index (χ3n) is 4.55. The Bertz CT molecular complexity index is 438. The Labute approximate surface area is 150 Å². The van der Waals surface area contributed by atoms with Crippen molar-refractivity contribution in [2.75, 3.05) is 13.2 Å². The van der Waals surface area contributed by atoms with E-state index < -0.39 is 74.1 Å². The molecule has 1 unspecified atom stereocenters. The second kappa shape index (κ2) is 9.17. The number of ether oxygens (including phenoxy) is 4. The molecule has 2 aliphatic heterocycles. The molecule has 2 rings (SSSR count). The van der Waals surface area contributed by atoms with E-state index in [1.807, 2.05) is 0 Å². The topological polar surface area (TPSA) is 179 Å². The van der Waals surface area contributed by atoms with E-state index in [1.165, 1.54) is 13.8 Å². The molecule has 0 aliphatic carbocycles. The molecule has 0 spiro atoms. The molecule has 7 N–H and O–H groups in total. The van der Waals surface area contributed by atoms with Crippen molar-refractivity contribution < 1.29 is 54.7 Å². The molecule has 11 heteroatoms. The Balaban J connectivity index is 2.05. The lowest BCUT2D eigenvalue weighted by Gasteiger charge is -2.45. The zero-order chi connectivity index (χ0) is 19.6. The fourth-order valence-electron chi connectivity index (χ4n) is 2.83. The molecule has 0 radical (unpaired) electrons. The van der Waals surface area contributed by atoms with E-state index in [2.05, 4.69) is 0 Å². The molecule has 2 saturated heterocycles. The van der Waals surface area contributed by atoms with Gasteiger partial charge in [-0.15, -0.1) is 0 Å². The molecular formula is C15H28O11. The van der Waals surface area contributed by atoms with Crippen molar-refractivity contribution in [3.05, 3.63) is 0 Å². The first kappa shape index (κ1) is 21.9. The molecule has 11 nitrogen and oxygen atoms in total. The molecule has 0 aromatic rings. The van der Waals surface area contributed by atoms with Gasteiger partial charge in [-0.1, -0.05) is 0 Å². The van der Waals surface area contributed by atoms with Crippen LogP contribution in [0, 0.1) is 0 Å². The maximum absolute atomic E-state index is 10.4. The van der Waals surface area contributed by atoms with E-state index in [0.29, 0.717) is 0 Å². The Hall–Kier alpha value is -0.440. The van der Waals surface area contributed by atoms with Gasteiger partial charge >= 0.3 is 0 Å². The summed E-state index contributed by atoms with van der Waals surface area (Å²) < 4.78 is 21.3. The standard InChI is InChI=1S/C15H28O11/c1-5-8(18)10(20)11(21)15(25-5)26-13-9(19)6(2)24-14(12(13)22)23-4-7(17)3-16/h5-22H,3-4H2,1-2H3/t5-,6-,7?,8-,9-,10+,11+,12+,13+,14+,15-/m1/s1. The fraction of sp³-hybridized carbons (Fsp3) is 1.00. The summed E-state index contributed by atoms with van der Waals surface area (Å²) in [6, 6.07) is 0. The summed E-state index contributed by atoms with van der Waals surface area (Å²) in [4.78, 5) is 0. The summed E-state index contributed by atoms with van der Waals surface area (Å²) in [5.41, 5.74) is 0. The largest absolute Gasteiger partial charge is 0.394 e. The van der Waals surface area contributed by atoms with Crippen LogP contribution in [-0.2, 0) is 18.9 Å². The van der Waals surface area contributed by atoms with Gasteiger partial charge in [0.2, 0.25) is 0 Å². The molecule has 26 heavy (non-hydrogen) atoms. The zero-order valence-corrected chi connectivity index (χ0v) is 14.5. The van der Waals surface area contributed by atoms with Crippen molar-refractivity contribution in [1.29, 1.82) is 0 Å². The summed E-state index contributed by atoms with van der Waals surface area (Å²) in [7, 11) is 0. The minimum atomic E-state index is -1.60. The number of hydrogen-bond acceptors (Lipinski definition) is 11. The second-order valence-electron chi connectivity index (χ2n) is 6.64. The highest BCUT2D eigenvalue weighted by Crippen LogP contribution is 2.29. The highest BCUT2D eigenvalue weighted by molar-refractivity contribution is 4.92. The van der Waals surface area contributed by atoms with E-state index in [-0.39, 0.29) is 6.61 Å². The fourth-order valence-corrected chi connectivity index (χ4v) is 2.83. The van der Waals surface area contributed by atoms with E-state index in [0.717, 1.165) is 0 Å². The molecule has 154 valence electrons. The van der Waals surface area contributed by atoms with Crippen molar-refractivity contribution in [2.24, 2.45) is 0 Å². The molecule has 11 atom stereocenters. The first-order valence-corrected chi connectivity index (χ1v) is 8.44. The van der Waals surface area contributed by atoms with Crippen LogP contribution >= 0.6 is 0 Å². The van der Waals surface area contributed by atoms with E-state index in [1.54, 1.807) is 0 Å². The van der Waals surface area contributed by atoms with Crippen molar-refractivity contribution >= 4 is 0 Å². The number of aliphatic hydroxyl groups excluding tert-OH is 7. The summed E-state index contributed by atoms with van der Waals surface area (Å²) in [5, 5.41) is 68.3. The van der Waals surface area contributed by atoms with Crippen LogP contribution in [0.5, 0.6) is 0 Å². The minimum Gasteiger partial charge on any atom is -0.394 e. The Morgan fingerprint density at radius 2 is 1.38 bits per heavy atom. The highest BCUT2D eigenvalue weighted by atomic mass is 16.7. The highest BCUT2D eigenvalue weighted by Gasteiger charge is 2.49. The van der Waals surface area contributed by atoms with Crippen molar-refractivity contribution in [3.8, 4) is 0 Å². The average Bonchev–Trinajstić information content (AvgIpc) is 2.62. The van der Waals surface area contributed by atoms with Gasteiger partial charge in [-0.3, -0.25) is 0 Å². The van der Waals surface area contributed by atoms with Gasteiger partial charge in [-0.2, -0.15) is 0 Å². The van der Waals surface area contributed by atoms with Gasteiger partial charge in [0.25, 0.3) is 0 Å². The lowest BCUT2D eigenvalue weighted by atomic mass is 9.97. The van der Waals surface area contributed by atoms with E-state index in [4.69, 9.17) is 24.1 Å². The average molecular weight is 384 g/mol. The molecule has 2 fully saturated rings. The van der Waals surface area contributed by atoms with Gasteiger partial charge in [0.05, 0.1) is 25.4 Å². The summed E-state index contributed by atoms with van der Waals surface area (Å²) in [5.74, 6) is 0. The van der Waals surface area contributed by atoms with Crippen molar-refractivity contribution in [2.45, 2.75) is 81.4 Å². The SMILES string of the molecule is C[C@H]1O[C@H](O[C@@H]2[C@H](O)[C@@H](OCC(O)CO)O[C@H](C)[C@H]2O)[C@@H](O)[C@@H](O)[C@@H]1O. The van der Waals surface area contributed by atoms with Gasteiger partial charge in [0.15, 0.2) is 12.6 Å². The summed E-state index contributed by atoms with van der Waals surface area (Å²) >= 11 is 0. The predicted molar refractivity (Wildman–Crippen MR) is 82.6 cm³/mol. The zero-order valence-electron chi connectivity index (χ0n) is 14.5. The lowest BCUT2D eigenvalue weighted by Crippen LogP contribution is -2.63. The number of rotatable bonds is 6. The van der Waals surface area contributed by atoms with Gasteiger partial charge in [0, 0.05) is 0 Å². The number of hydrogen-bond donors (Lipinski definition) is 7. The summed E-state index contributed by atoms with van der Waals surface area (Å²) in [6.07, 6.45) is -14.1. The Morgan fingerprint density at radius 3 is 2.00 bits per heavy atom. The summed E-state index contributed by atoms with van der Waals surface area (Å²) in [6.45, 7) is 2.11. The van der Waals surface area contributed by atoms with Gasteiger partial charge in [-0.25, -0.2) is 0 Å². The quantitative estimate of drug-likeness (QED) is 0.237. The smallest absolute Gasteiger partial charge is 0.187 e. The van der Waals surface area contributed by atoms with Crippen LogP contribution < -0.4 is 0 Å². The monoisotopic (exact) mass is 384 g/mol. The van der Waals surface area contributed by atoms with Crippen LogP contribution in [0.4, 0.5) is 0 Å². The van der Waals surface area contributed by atoms with Crippen LogP contribution in [-0.4, -0.2) is 116 Å². The second-order valence-corrected chi connectivity index (χ2v) is 6.64. The maximum Gasteiger partial charge on any atom is 0.187 e. The molecule has 0 saturated carbocycles. The van der Waals surface area contributed by atoms with Crippen LogP contribution in [0.15, 0.2) is 0 Å². The van der Waals surface area contributed by atoms with Crippen LogP contribution in [0.2, 0.25) is 0 Å². The predicted octanol–water partition coefficient (Wildman–Crippen LogP) is -3.96. The molecular weight excluding hydrogens is 356 g/mol. The van der Waals surface area contributed by atoms with Crippen LogP contribution in [0.3, 0.4) is 0 Å². The Kier molecular flexibility index (Phi) is 7.71. The molecule has 2 aliphatic rings. The third-order valence-corrected chi connectivity index (χ3v) is 4.55. The molecule has 0 bridgehead atoms. The van der Waals surface area contributed by atoms with E-state index >= 15 is 0 Å². The van der Waals surface area contributed by atoms with Crippen molar-refractivity contribution in [3.63, 3.8) is 0 Å². The normalized spacial score (nSPS) is 48.3. The molecule has 0 amide bonds. The number of aliphatic hydroxyl groups is 7. The van der Waals surface area contributed by atoms with Crippen molar-refractivity contribution in [1.82, 2.24) is 0 Å². The van der Waals surface area contributed by atoms with Crippen LogP contribution in [0.1, 0.15) is 13.8 Å². The van der Waals surface area contributed by atoms with Crippen LogP contribution in [0.25, 0.3) is 0 Å². The lowest BCUT2D eigenvalue weighted by molar-refractivity contribution is -0.355. The molecule has 2 heterocycles. The first-order valence-electron chi connectivity index (χ1n) is 8.44. The maximum atomic E-state index is 10.4. The first-order chi connectivity index (χ1) is 12.2. The van der Waals surface area contributed by atoms with Gasteiger partial charge < -0.3 is 54.7 Å². The molecule has 0 aromatic heterocycles. The minimum absolute atomic E-state index is 0.321. The molecule has 0 aromatic carbocycles. The third kappa shape index (κ3) is 4.69. The van der Waals surface area contributed by atoms with Gasteiger partial charge in [0.1, 0.15) is 42.7 Å². The van der Waals surface area contributed by atoms with E-state index in [9.17, 15) is 30.6 Å². The van der Waals surface area contributed by atoms with Gasteiger partial charge in [-0.05, 0) is 13.8 Å². The Morgan fingerprint density at radius 1 is 0.808 bits per heavy atom.